The van der Waals surface area contributed by atoms with Crippen LogP contribution in [0, 0.1) is 0 Å². The summed E-state index contributed by atoms with van der Waals surface area (Å²) in [6.45, 7) is 2.25. The minimum atomic E-state index is -0.668. The van der Waals surface area contributed by atoms with Crippen molar-refractivity contribution in [2.75, 3.05) is 13.7 Å². The molecule has 5 aromatic rings. The molecule has 0 bridgehead atoms. The highest BCUT2D eigenvalue weighted by Crippen LogP contribution is 2.32. The molecule has 0 unspecified atom stereocenters. The molecule has 5 rings (SSSR count). The SMILES string of the molecule is CCOc1cccc2cc(-c3cc(=O)oc4cc(OC(=O)c5ccc(OC)cc5)ccc34)c(=O)oc12. The van der Waals surface area contributed by atoms with Crippen LogP contribution in [0.3, 0.4) is 0 Å². The van der Waals surface area contributed by atoms with Crippen LogP contribution in [0.1, 0.15) is 17.3 Å². The van der Waals surface area contributed by atoms with Crippen LogP contribution in [0.5, 0.6) is 17.2 Å². The van der Waals surface area contributed by atoms with Crippen LogP contribution in [0.25, 0.3) is 33.1 Å². The van der Waals surface area contributed by atoms with Crippen molar-refractivity contribution in [2.24, 2.45) is 0 Å². The number of esters is 1. The molecule has 0 saturated carbocycles. The van der Waals surface area contributed by atoms with Crippen LogP contribution >= 0.6 is 0 Å². The van der Waals surface area contributed by atoms with Crippen molar-refractivity contribution < 1.29 is 27.8 Å². The second-order valence-electron chi connectivity index (χ2n) is 7.81. The molecule has 180 valence electrons. The smallest absolute Gasteiger partial charge is 0.344 e. The summed E-state index contributed by atoms with van der Waals surface area (Å²) >= 11 is 0. The maximum atomic E-state index is 12.9. The van der Waals surface area contributed by atoms with Crippen molar-refractivity contribution in [1.82, 2.24) is 0 Å². The van der Waals surface area contributed by atoms with Crippen molar-refractivity contribution in [2.45, 2.75) is 6.92 Å². The van der Waals surface area contributed by atoms with E-state index in [1.54, 1.807) is 60.7 Å². The second-order valence-corrected chi connectivity index (χ2v) is 7.81. The van der Waals surface area contributed by atoms with E-state index in [0.29, 0.717) is 45.6 Å². The summed E-state index contributed by atoms with van der Waals surface area (Å²) in [5.74, 6) is 0.657. The average Bonchev–Trinajstić information content (AvgIpc) is 2.88. The molecule has 8 nitrogen and oxygen atoms in total. The van der Waals surface area contributed by atoms with Gasteiger partial charge in [-0.2, -0.15) is 0 Å². The van der Waals surface area contributed by atoms with E-state index in [2.05, 4.69) is 0 Å². The number of hydrogen-bond donors (Lipinski definition) is 0. The molecule has 0 radical (unpaired) electrons. The first-order chi connectivity index (χ1) is 17.5. The number of methoxy groups -OCH3 is 1. The van der Waals surface area contributed by atoms with Crippen LogP contribution in [-0.4, -0.2) is 19.7 Å². The molecule has 3 aromatic carbocycles. The minimum Gasteiger partial charge on any atom is -0.497 e. The fourth-order valence-corrected chi connectivity index (χ4v) is 3.90. The number of para-hydroxylation sites is 1. The number of ether oxygens (including phenoxy) is 3. The van der Waals surface area contributed by atoms with E-state index in [-0.39, 0.29) is 16.9 Å². The van der Waals surface area contributed by atoms with Gasteiger partial charge in [-0.1, -0.05) is 12.1 Å². The molecule has 0 aliphatic rings. The van der Waals surface area contributed by atoms with E-state index >= 15 is 0 Å². The molecule has 0 spiro atoms. The Morgan fingerprint density at radius 3 is 2.39 bits per heavy atom. The van der Waals surface area contributed by atoms with E-state index in [1.165, 1.54) is 19.2 Å². The van der Waals surface area contributed by atoms with Gasteiger partial charge in [-0.15, -0.1) is 0 Å². The van der Waals surface area contributed by atoms with Gasteiger partial charge in [-0.05, 0) is 55.5 Å². The van der Waals surface area contributed by atoms with Gasteiger partial charge in [0.2, 0.25) is 0 Å². The highest BCUT2D eigenvalue weighted by atomic mass is 16.5. The number of rotatable bonds is 6. The molecule has 0 aliphatic heterocycles. The minimum absolute atomic E-state index is 0.153. The Bertz CT molecular complexity index is 1710. The van der Waals surface area contributed by atoms with E-state index in [0.717, 1.165) is 0 Å². The van der Waals surface area contributed by atoms with Gasteiger partial charge in [0.25, 0.3) is 0 Å². The number of fused-ring (bicyclic) bond motifs is 2. The summed E-state index contributed by atoms with van der Waals surface area (Å²) in [5.41, 5.74) is 0.0403. The summed E-state index contributed by atoms with van der Waals surface area (Å²) in [5, 5.41) is 1.12. The molecular weight excluding hydrogens is 464 g/mol. The number of carbonyl (C=O) groups excluding carboxylic acids is 1. The molecular formula is C28H20O8. The highest BCUT2D eigenvalue weighted by Gasteiger charge is 2.17. The molecule has 0 fully saturated rings. The Labute approximate surface area is 204 Å². The fourth-order valence-electron chi connectivity index (χ4n) is 3.90. The van der Waals surface area contributed by atoms with Gasteiger partial charge < -0.3 is 23.0 Å². The van der Waals surface area contributed by atoms with Crippen LogP contribution in [0.4, 0.5) is 0 Å². The van der Waals surface area contributed by atoms with Gasteiger partial charge in [0.05, 0.1) is 24.8 Å². The van der Waals surface area contributed by atoms with Gasteiger partial charge in [0.1, 0.15) is 17.1 Å². The standard InChI is InChI=1S/C28H20O8/c1-3-33-23-6-4-5-17-13-22(28(31)36-26(17)23)21-15-25(29)35-24-14-19(11-12-20(21)24)34-27(30)16-7-9-18(32-2)10-8-16/h4-15H,3H2,1-2H3. The van der Waals surface area contributed by atoms with E-state index in [4.69, 9.17) is 23.0 Å². The lowest BCUT2D eigenvalue weighted by Crippen LogP contribution is -2.09. The summed E-state index contributed by atoms with van der Waals surface area (Å²) in [4.78, 5) is 37.8. The van der Waals surface area contributed by atoms with Crippen molar-refractivity contribution >= 4 is 27.9 Å². The highest BCUT2D eigenvalue weighted by molar-refractivity contribution is 5.97. The predicted octanol–water partition coefficient (Wildman–Crippen LogP) is 5.19. The Balaban J connectivity index is 1.55. The van der Waals surface area contributed by atoms with Gasteiger partial charge in [0, 0.05) is 28.5 Å². The van der Waals surface area contributed by atoms with Crippen LogP contribution < -0.4 is 25.5 Å². The molecule has 0 N–H and O–H groups in total. The summed E-state index contributed by atoms with van der Waals surface area (Å²) < 4.78 is 27.0. The summed E-state index contributed by atoms with van der Waals surface area (Å²) in [6.07, 6.45) is 0. The zero-order valence-electron chi connectivity index (χ0n) is 19.4. The van der Waals surface area contributed by atoms with E-state index in [1.807, 2.05) is 6.92 Å². The van der Waals surface area contributed by atoms with Crippen LogP contribution in [-0.2, 0) is 0 Å². The molecule has 0 atom stereocenters. The first kappa shape index (κ1) is 22.9. The van der Waals surface area contributed by atoms with Gasteiger partial charge in [-0.25, -0.2) is 14.4 Å². The van der Waals surface area contributed by atoms with Crippen molar-refractivity contribution in [3.8, 4) is 28.4 Å². The Hall–Kier alpha value is -4.85. The quantitative estimate of drug-likeness (QED) is 0.184. The maximum absolute atomic E-state index is 12.9. The lowest BCUT2D eigenvalue weighted by Gasteiger charge is -2.10. The Kier molecular flexibility index (Phi) is 6.00. The lowest BCUT2D eigenvalue weighted by molar-refractivity contribution is 0.0735. The van der Waals surface area contributed by atoms with Gasteiger partial charge >= 0.3 is 17.2 Å². The monoisotopic (exact) mass is 484 g/mol. The second kappa shape index (κ2) is 9.42. The van der Waals surface area contributed by atoms with Crippen LogP contribution in [0.15, 0.2) is 91.2 Å². The van der Waals surface area contributed by atoms with Gasteiger partial charge in [-0.3, -0.25) is 0 Å². The Morgan fingerprint density at radius 2 is 1.64 bits per heavy atom. The average molecular weight is 484 g/mol. The molecule has 0 amide bonds. The lowest BCUT2D eigenvalue weighted by atomic mass is 10.0. The number of benzene rings is 3. The molecule has 2 aromatic heterocycles. The van der Waals surface area contributed by atoms with Gasteiger partial charge in [0.15, 0.2) is 11.3 Å². The maximum Gasteiger partial charge on any atom is 0.344 e. The number of hydrogen-bond acceptors (Lipinski definition) is 8. The van der Waals surface area contributed by atoms with Crippen molar-refractivity contribution in [3.05, 3.63) is 99.2 Å². The third-order valence-electron chi connectivity index (χ3n) is 5.57. The van der Waals surface area contributed by atoms with Crippen LogP contribution in [0.2, 0.25) is 0 Å². The number of carbonyl (C=O) groups is 1. The topological polar surface area (TPSA) is 105 Å². The summed E-state index contributed by atoms with van der Waals surface area (Å²) in [7, 11) is 1.53. The van der Waals surface area contributed by atoms with E-state index < -0.39 is 17.2 Å². The molecule has 0 saturated heterocycles. The zero-order chi connectivity index (χ0) is 25.2. The predicted molar refractivity (Wildman–Crippen MR) is 133 cm³/mol. The molecule has 36 heavy (non-hydrogen) atoms. The molecule has 2 heterocycles. The zero-order valence-corrected chi connectivity index (χ0v) is 19.4. The first-order valence-corrected chi connectivity index (χ1v) is 11.1. The third-order valence-corrected chi connectivity index (χ3v) is 5.57. The normalized spacial score (nSPS) is 10.9. The third kappa shape index (κ3) is 4.32. The van der Waals surface area contributed by atoms with E-state index in [9.17, 15) is 14.4 Å². The van der Waals surface area contributed by atoms with Crippen molar-refractivity contribution in [1.29, 1.82) is 0 Å². The largest absolute Gasteiger partial charge is 0.497 e. The Morgan fingerprint density at radius 1 is 0.861 bits per heavy atom. The fraction of sp³-hybridized carbons (Fsp3) is 0.107. The first-order valence-electron chi connectivity index (χ1n) is 11.1. The van der Waals surface area contributed by atoms with Crippen molar-refractivity contribution in [3.63, 3.8) is 0 Å². The molecule has 8 heteroatoms. The molecule has 0 aliphatic carbocycles. The summed E-state index contributed by atoms with van der Waals surface area (Å²) in [6, 6.07) is 19.2.